The minimum atomic E-state index is -4.85. The normalized spacial score (nSPS) is 14.0. The fraction of sp³-hybridized carbons (Fsp3) is 0.303. The van der Waals surface area contributed by atoms with E-state index in [0.717, 1.165) is 6.07 Å². The van der Waals surface area contributed by atoms with Crippen LogP contribution in [0, 0.1) is 24.2 Å². The van der Waals surface area contributed by atoms with Crippen LogP contribution in [0.5, 0.6) is 5.75 Å². The maximum Gasteiger partial charge on any atom is 0.416 e. The summed E-state index contributed by atoms with van der Waals surface area (Å²) in [5, 5.41) is 21.2. The molecule has 1 saturated heterocycles. The first-order chi connectivity index (χ1) is 23.3. The molecule has 0 radical (unpaired) electrons. The number of pyridine rings is 1. The summed E-state index contributed by atoms with van der Waals surface area (Å²) >= 11 is 7.50. The van der Waals surface area contributed by atoms with E-state index in [1.165, 1.54) is 39.3 Å². The highest BCUT2D eigenvalue weighted by atomic mass is 35.5. The van der Waals surface area contributed by atoms with Gasteiger partial charge in [-0.25, -0.2) is 18.6 Å². The summed E-state index contributed by atoms with van der Waals surface area (Å²) < 4.78 is 76.1. The number of rotatable bonds is 10. The van der Waals surface area contributed by atoms with Crippen molar-refractivity contribution in [3.63, 3.8) is 0 Å². The molecule has 5 aromatic rings. The van der Waals surface area contributed by atoms with Gasteiger partial charge in [0.25, 0.3) is 12.0 Å². The molecule has 0 aliphatic carbocycles. The smallest absolute Gasteiger partial charge is 0.416 e. The largest absolute Gasteiger partial charge is 0.491 e. The van der Waals surface area contributed by atoms with E-state index in [0.29, 0.717) is 32.1 Å². The molecule has 6 rings (SSSR count). The van der Waals surface area contributed by atoms with E-state index < -0.39 is 47.7 Å². The molecule has 0 bridgehead atoms. The molecular weight excluding hydrogens is 693 g/mol. The molecular formula is C33H25ClF5N5O4S. The molecule has 0 spiro atoms. The number of halogens is 6. The Morgan fingerprint density at radius 2 is 1.98 bits per heavy atom. The molecule has 2 aromatic carbocycles. The van der Waals surface area contributed by atoms with E-state index >= 15 is 0 Å². The molecule has 1 aliphatic rings. The quantitative estimate of drug-likeness (QED) is 0.153. The summed E-state index contributed by atoms with van der Waals surface area (Å²) in [6.07, 6.45) is -6.18. The number of nitriles is 1. The lowest BCUT2D eigenvalue weighted by Crippen LogP contribution is -2.49. The van der Waals surface area contributed by atoms with Crippen LogP contribution in [0.1, 0.15) is 32.9 Å². The van der Waals surface area contributed by atoms with Crippen molar-refractivity contribution in [1.29, 1.82) is 5.26 Å². The van der Waals surface area contributed by atoms with Gasteiger partial charge in [0, 0.05) is 40.8 Å². The first kappa shape index (κ1) is 34.2. The molecule has 254 valence electrons. The number of alkyl halides is 5. The van der Waals surface area contributed by atoms with Crippen molar-refractivity contribution >= 4 is 50.0 Å². The zero-order valence-electron chi connectivity index (χ0n) is 25.5. The van der Waals surface area contributed by atoms with Gasteiger partial charge in [0.05, 0.1) is 50.9 Å². The third-order valence-electron chi connectivity index (χ3n) is 8.37. The number of carboxylic acids is 1. The van der Waals surface area contributed by atoms with Gasteiger partial charge in [-0.2, -0.15) is 18.4 Å². The van der Waals surface area contributed by atoms with Crippen LogP contribution in [0.3, 0.4) is 0 Å². The average Bonchev–Trinajstić information content (AvgIpc) is 3.46. The summed E-state index contributed by atoms with van der Waals surface area (Å²) in [6, 6.07) is 9.13. The van der Waals surface area contributed by atoms with Crippen LogP contribution in [-0.4, -0.2) is 63.2 Å². The van der Waals surface area contributed by atoms with Gasteiger partial charge < -0.3 is 9.84 Å². The van der Waals surface area contributed by atoms with Gasteiger partial charge in [-0.1, -0.05) is 11.6 Å². The highest BCUT2D eigenvalue weighted by Crippen LogP contribution is 2.40. The number of benzene rings is 2. The number of fused-ring (bicyclic) bond motifs is 2. The summed E-state index contributed by atoms with van der Waals surface area (Å²) in [5.74, 6) is -1.07. The number of ether oxygens (including phenoxy) is 1. The predicted octanol–water partition coefficient (Wildman–Crippen LogP) is 7.04. The van der Waals surface area contributed by atoms with Crippen molar-refractivity contribution in [1.82, 2.24) is 19.4 Å². The molecule has 3 aromatic heterocycles. The van der Waals surface area contributed by atoms with Crippen molar-refractivity contribution in [2.45, 2.75) is 32.5 Å². The van der Waals surface area contributed by atoms with Gasteiger partial charge in [0.1, 0.15) is 24.3 Å². The van der Waals surface area contributed by atoms with Gasteiger partial charge in [0.2, 0.25) is 0 Å². The highest BCUT2D eigenvalue weighted by molar-refractivity contribution is 7.18. The van der Waals surface area contributed by atoms with Crippen molar-refractivity contribution in [3.05, 3.63) is 85.4 Å². The summed E-state index contributed by atoms with van der Waals surface area (Å²) in [5.41, 5.74) is -1.38. The molecule has 1 aliphatic heterocycles. The van der Waals surface area contributed by atoms with Crippen molar-refractivity contribution in [2.75, 3.05) is 26.2 Å². The number of thiophene rings is 1. The number of aromatic carboxylic acids is 1. The second-order valence-corrected chi connectivity index (χ2v) is 12.9. The Kier molecular flexibility index (Phi) is 9.31. The number of hydrogen-bond acceptors (Lipinski definition) is 8. The zero-order chi connectivity index (χ0) is 35.2. The van der Waals surface area contributed by atoms with Gasteiger partial charge in [0.15, 0.2) is 0 Å². The molecule has 9 nitrogen and oxygen atoms in total. The van der Waals surface area contributed by atoms with Crippen LogP contribution >= 0.6 is 22.9 Å². The van der Waals surface area contributed by atoms with E-state index in [-0.39, 0.29) is 60.5 Å². The van der Waals surface area contributed by atoms with Gasteiger partial charge in [-0.15, -0.1) is 11.3 Å². The van der Waals surface area contributed by atoms with E-state index in [4.69, 9.17) is 16.3 Å². The molecule has 49 heavy (non-hydrogen) atoms. The maximum absolute atomic E-state index is 14.2. The molecule has 0 saturated carbocycles. The molecule has 1 N–H and O–H groups in total. The standard InChI is InChI=1S/C33H25ClF5N5O4S/c1-16-42-25-10-24(33(37,38)39)20(8-17-12-43(13-17)14-27(35)36)22(11-40)28(25)31(45)44(16)6-7-48-26-3-2-18(34)9-21(26)19-4-5-41-29-23(32(46)47)15-49-30(19)29/h2-5,9-10,15,17,27H,6-8,12-14H2,1H3,(H,46,47). The van der Waals surface area contributed by atoms with E-state index in [1.807, 2.05) is 0 Å². The summed E-state index contributed by atoms with van der Waals surface area (Å²) in [4.78, 5) is 35.4. The Morgan fingerprint density at radius 3 is 2.65 bits per heavy atom. The number of aryl methyl sites for hydroxylation is 1. The first-order valence-electron chi connectivity index (χ1n) is 14.8. The lowest BCUT2D eigenvalue weighted by atomic mass is 9.86. The number of carboxylic acid groups (broad SMARTS) is 1. The molecule has 0 atom stereocenters. The Bertz CT molecular complexity index is 2210. The Hall–Kier alpha value is -4.65. The van der Waals surface area contributed by atoms with Crippen LogP contribution in [0.2, 0.25) is 5.02 Å². The van der Waals surface area contributed by atoms with Gasteiger partial charge in [-0.05, 0) is 55.2 Å². The summed E-state index contributed by atoms with van der Waals surface area (Å²) in [6.45, 7) is 1.06. The van der Waals surface area contributed by atoms with Crippen LogP contribution in [0.4, 0.5) is 22.0 Å². The third-order valence-corrected chi connectivity index (χ3v) is 9.61. The number of carbonyl (C=O) groups is 1. The van der Waals surface area contributed by atoms with E-state index in [2.05, 4.69) is 9.97 Å². The van der Waals surface area contributed by atoms with Crippen LogP contribution in [0.25, 0.3) is 32.2 Å². The second kappa shape index (κ2) is 13.3. The SMILES string of the molecule is Cc1nc2cc(C(F)(F)F)c(CC3CN(CC(F)F)C3)c(C#N)c2c(=O)n1CCOc1ccc(Cl)cc1-c1ccnc2c(C(=O)O)csc12. The van der Waals surface area contributed by atoms with Crippen molar-refractivity contribution < 1.29 is 36.6 Å². The average molecular weight is 718 g/mol. The number of nitrogens with zero attached hydrogens (tertiary/aromatic N) is 5. The predicted molar refractivity (Wildman–Crippen MR) is 173 cm³/mol. The fourth-order valence-corrected chi connectivity index (χ4v) is 7.40. The lowest BCUT2D eigenvalue weighted by molar-refractivity contribution is -0.138. The highest BCUT2D eigenvalue weighted by Gasteiger charge is 2.38. The zero-order valence-corrected chi connectivity index (χ0v) is 27.1. The monoisotopic (exact) mass is 717 g/mol. The third kappa shape index (κ3) is 6.68. The Labute approximate surface area is 283 Å². The minimum absolute atomic E-state index is 0.0497. The molecule has 0 amide bonds. The number of hydrogen-bond donors (Lipinski definition) is 1. The second-order valence-electron chi connectivity index (χ2n) is 11.6. The minimum Gasteiger partial charge on any atom is -0.491 e. The first-order valence-corrected chi connectivity index (χ1v) is 16.1. The Morgan fingerprint density at radius 1 is 1.22 bits per heavy atom. The molecule has 16 heteroatoms. The van der Waals surface area contributed by atoms with E-state index in [1.54, 1.807) is 30.3 Å². The van der Waals surface area contributed by atoms with Crippen molar-refractivity contribution in [2.24, 2.45) is 5.92 Å². The summed E-state index contributed by atoms with van der Waals surface area (Å²) in [7, 11) is 0. The topological polar surface area (TPSA) is 121 Å². The number of likely N-dealkylation sites (tertiary alicyclic amines) is 1. The lowest BCUT2D eigenvalue weighted by Gasteiger charge is -2.39. The van der Waals surface area contributed by atoms with E-state index in [9.17, 15) is 41.9 Å². The maximum atomic E-state index is 14.2. The molecule has 1 fully saturated rings. The van der Waals surface area contributed by atoms with Gasteiger partial charge >= 0.3 is 12.1 Å². The van der Waals surface area contributed by atoms with Crippen LogP contribution in [-0.2, 0) is 19.1 Å². The van der Waals surface area contributed by atoms with Crippen LogP contribution in [0.15, 0.2) is 46.7 Å². The molecule has 4 heterocycles. The van der Waals surface area contributed by atoms with Crippen LogP contribution < -0.4 is 10.3 Å². The Balaban J connectivity index is 1.33. The van der Waals surface area contributed by atoms with Crippen molar-refractivity contribution in [3.8, 4) is 22.9 Å². The molecule has 0 unspecified atom stereocenters. The van der Waals surface area contributed by atoms with Gasteiger partial charge in [-0.3, -0.25) is 19.2 Å². The number of aromatic nitrogens is 3. The fourth-order valence-electron chi connectivity index (χ4n) is 6.20.